The van der Waals surface area contributed by atoms with Crippen LogP contribution in [-0.2, 0) is 14.4 Å². The van der Waals surface area contributed by atoms with Crippen LogP contribution in [0, 0.1) is 12.8 Å². The largest absolute Gasteiger partial charge is 0.372 e. The molecule has 2 N–H and O–H groups in total. The predicted octanol–water partition coefficient (Wildman–Crippen LogP) is 1.22. The number of anilines is 1. The van der Waals surface area contributed by atoms with Crippen LogP contribution < -0.4 is 15.5 Å². The number of hydrogen-bond donors (Lipinski definition) is 2. The third-order valence-electron chi connectivity index (χ3n) is 6.00. The molecule has 162 valence electrons. The van der Waals surface area contributed by atoms with Crippen molar-refractivity contribution in [3.8, 4) is 0 Å². The van der Waals surface area contributed by atoms with E-state index >= 15 is 0 Å². The summed E-state index contributed by atoms with van der Waals surface area (Å²) in [4.78, 5) is 51.2. The third-order valence-corrected chi connectivity index (χ3v) is 6.00. The highest BCUT2D eigenvalue weighted by atomic mass is 16.2. The van der Waals surface area contributed by atoms with E-state index in [1.807, 2.05) is 19.1 Å². The summed E-state index contributed by atoms with van der Waals surface area (Å²) in [5.74, 6) is -0.823. The molecule has 1 aromatic carbocycles. The summed E-state index contributed by atoms with van der Waals surface area (Å²) in [7, 11) is 0. The first-order chi connectivity index (χ1) is 14.4. The van der Waals surface area contributed by atoms with E-state index in [0.717, 1.165) is 55.2 Å². The molecule has 1 unspecified atom stereocenters. The first-order valence-corrected chi connectivity index (χ1v) is 10.6. The normalized spacial score (nSPS) is 20.1. The maximum Gasteiger partial charge on any atom is 0.261 e. The van der Waals surface area contributed by atoms with Gasteiger partial charge in [0, 0.05) is 30.8 Å². The summed E-state index contributed by atoms with van der Waals surface area (Å²) >= 11 is 0. The average molecular weight is 415 g/mol. The average Bonchev–Trinajstić information content (AvgIpc) is 2.74. The molecule has 2 aliphatic rings. The van der Waals surface area contributed by atoms with Gasteiger partial charge in [-0.3, -0.25) is 29.4 Å². The van der Waals surface area contributed by atoms with Crippen LogP contribution in [0.4, 0.5) is 5.69 Å². The Hall–Kier alpha value is -2.74. The molecule has 0 spiro atoms. The Labute approximate surface area is 177 Å². The van der Waals surface area contributed by atoms with E-state index in [0.29, 0.717) is 17.9 Å². The number of rotatable bonds is 7. The van der Waals surface area contributed by atoms with Crippen molar-refractivity contribution in [2.45, 2.75) is 45.6 Å². The maximum absolute atomic E-state index is 13.0. The smallest absolute Gasteiger partial charge is 0.261 e. The van der Waals surface area contributed by atoms with Gasteiger partial charge in [-0.1, -0.05) is 6.92 Å². The van der Waals surface area contributed by atoms with Crippen molar-refractivity contribution in [1.82, 2.24) is 15.5 Å². The number of carbonyl (C=O) groups excluding carboxylic acids is 4. The Morgan fingerprint density at radius 2 is 2.00 bits per heavy atom. The topological polar surface area (TPSA) is 98.8 Å². The predicted molar refractivity (Wildman–Crippen MR) is 113 cm³/mol. The second kappa shape index (κ2) is 9.84. The lowest BCUT2D eigenvalue weighted by atomic mass is 9.95. The van der Waals surface area contributed by atoms with Gasteiger partial charge in [-0.25, -0.2) is 0 Å². The molecule has 8 nitrogen and oxygen atoms in total. The van der Waals surface area contributed by atoms with E-state index in [9.17, 15) is 19.2 Å². The van der Waals surface area contributed by atoms with Gasteiger partial charge < -0.3 is 10.2 Å². The molecular formula is C22H30N4O4. The molecule has 3 rings (SSSR count). The number of amides is 4. The van der Waals surface area contributed by atoms with E-state index in [1.54, 1.807) is 6.07 Å². The van der Waals surface area contributed by atoms with Gasteiger partial charge in [0.15, 0.2) is 0 Å². The van der Waals surface area contributed by atoms with E-state index in [1.165, 1.54) is 0 Å². The van der Waals surface area contributed by atoms with E-state index < -0.39 is 17.9 Å². The Morgan fingerprint density at radius 1 is 1.27 bits per heavy atom. The summed E-state index contributed by atoms with van der Waals surface area (Å²) < 4.78 is 0. The molecule has 2 aliphatic heterocycles. The van der Waals surface area contributed by atoms with Gasteiger partial charge in [0.25, 0.3) is 5.91 Å². The summed E-state index contributed by atoms with van der Waals surface area (Å²) in [5, 5.41) is 5.61. The number of benzene rings is 1. The second-order valence-electron chi connectivity index (χ2n) is 8.02. The zero-order chi connectivity index (χ0) is 21.7. The molecule has 1 atom stereocenters. The first kappa shape index (κ1) is 22.0. The highest BCUT2D eigenvalue weighted by molar-refractivity contribution is 6.07. The van der Waals surface area contributed by atoms with Gasteiger partial charge in [-0.2, -0.15) is 0 Å². The zero-order valence-electron chi connectivity index (χ0n) is 17.6. The Morgan fingerprint density at radius 3 is 2.60 bits per heavy atom. The summed E-state index contributed by atoms with van der Waals surface area (Å²) in [6.45, 7) is 7.94. The van der Waals surface area contributed by atoms with Gasteiger partial charge in [0.2, 0.25) is 18.2 Å². The number of aryl methyl sites for hydroxylation is 1. The van der Waals surface area contributed by atoms with Gasteiger partial charge in [0.05, 0.1) is 0 Å². The number of carbonyl (C=O) groups is 4. The summed E-state index contributed by atoms with van der Waals surface area (Å²) in [5.41, 5.74) is 2.20. The van der Waals surface area contributed by atoms with Gasteiger partial charge in [0.1, 0.15) is 6.04 Å². The lowest BCUT2D eigenvalue weighted by Gasteiger charge is -2.34. The van der Waals surface area contributed by atoms with Crippen LogP contribution >= 0.6 is 0 Å². The fraction of sp³-hybridized carbons (Fsp3) is 0.545. The fourth-order valence-corrected chi connectivity index (χ4v) is 4.18. The van der Waals surface area contributed by atoms with E-state index in [4.69, 9.17) is 0 Å². The van der Waals surface area contributed by atoms with Crippen molar-refractivity contribution in [1.29, 1.82) is 0 Å². The van der Waals surface area contributed by atoms with E-state index in [2.05, 4.69) is 22.5 Å². The molecule has 1 aromatic rings. The quantitative estimate of drug-likeness (QED) is 0.514. The molecular weight excluding hydrogens is 384 g/mol. The van der Waals surface area contributed by atoms with Crippen LogP contribution in [-0.4, -0.2) is 61.3 Å². The van der Waals surface area contributed by atoms with Crippen molar-refractivity contribution in [2.75, 3.05) is 31.1 Å². The highest BCUT2D eigenvalue weighted by Gasteiger charge is 2.35. The maximum atomic E-state index is 13.0. The van der Waals surface area contributed by atoms with Crippen molar-refractivity contribution >= 4 is 29.8 Å². The summed E-state index contributed by atoms with van der Waals surface area (Å²) in [6, 6.07) is 4.63. The Balaban J connectivity index is 1.68. The minimum atomic E-state index is -0.956. The SMILES string of the molecule is CCNCC1CCN(c2ccc(C(=O)N(C=O)C3CCC(=O)NC3=O)c(C)c2)CC1. The van der Waals surface area contributed by atoms with Crippen molar-refractivity contribution < 1.29 is 19.2 Å². The molecule has 2 heterocycles. The second-order valence-corrected chi connectivity index (χ2v) is 8.02. The Kier molecular flexibility index (Phi) is 7.20. The van der Waals surface area contributed by atoms with Crippen LogP contribution in [0.5, 0.6) is 0 Å². The lowest BCUT2D eigenvalue weighted by Crippen LogP contribution is -2.53. The van der Waals surface area contributed by atoms with Crippen molar-refractivity contribution in [3.05, 3.63) is 29.3 Å². The van der Waals surface area contributed by atoms with Gasteiger partial charge in [-0.05, 0) is 69.0 Å². The zero-order valence-corrected chi connectivity index (χ0v) is 17.6. The molecule has 0 bridgehead atoms. The molecule has 2 saturated heterocycles. The molecule has 4 amide bonds. The van der Waals surface area contributed by atoms with Crippen LogP contribution in [0.1, 0.15) is 48.5 Å². The number of nitrogens with one attached hydrogen (secondary N) is 2. The number of piperidine rings is 2. The Bertz CT molecular complexity index is 817. The summed E-state index contributed by atoms with van der Waals surface area (Å²) in [6.07, 6.45) is 2.89. The molecule has 0 aliphatic carbocycles. The van der Waals surface area contributed by atoms with Crippen molar-refractivity contribution in [3.63, 3.8) is 0 Å². The first-order valence-electron chi connectivity index (χ1n) is 10.6. The number of imide groups is 2. The van der Waals surface area contributed by atoms with Crippen LogP contribution in [0.2, 0.25) is 0 Å². The molecule has 30 heavy (non-hydrogen) atoms. The molecule has 2 fully saturated rings. The lowest BCUT2D eigenvalue weighted by molar-refractivity contribution is -0.139. The molecule has 8 heteroatoms. The monoisotopic (exact) mass is 414 g/mol. The standard InChI is InChI=1S/C22H30N4O4/c1-3-23-13-16-8-10-25(11-9-16)17-4-5-18(15(2)12-17)22(30)26(14-27)19-6-7-20(28)24-21(19)29/h4-5,12,14,16,19,23H,3,6-11,13H2,1-2H3,(H,24,28,29). The molecule has 0 saturated carbocycles. The van der Waals surface area contributed by atoms with Crippen LogP contribution in [0.25, 0.3) is 0 Å². The van der Waals surface area contributed by atoms with Crippen LogP contribution in [0.15, 0.2) is 18.2 Å². The minimum Gasteiger partial charge on any atom is -0.372 e. The number of hydrogen-bond acceptors (Lipinski definition) is 6. The highest BCUT2D eigenvalue weighted by Crippen LogP contribution is 2.26. The van der Waals surface area contributed by atoms with Gasteiger partial charge >= 0.3 is 0 Å². The molecule has 0 radical (unpaired) electrons. The third kappa shape index (κ3) is 4.87. The van der Waals surface area contributed by atoms with Gasteiger partial charge in [-0.15, -0.1) is 0 Å². The van der Waals surface area contributed by atoms with Crippen LogP contribution in [0.3, 0.4) is 0 Å². The minimum absolute atomic E-state index is 0.107. The molecule has 0 aromatic heterocycles. The van der Waals surface area contributed by atoms with E-state index in [-0.39, 0.29) is 18.7 Å². The van der Waals surface area contributed by atoms with Crippen molar-refractivity contribution in [2.24, 2.45) is 5.92 Å². The number of nitrogens with zero attached hydrogens (tertiary/aromatic N) is 2. The fourth-order valence-electron chi connectivity index (χ4n) is 4.18.